The lowest BCUT2D eigenvalue weighted by Crippen LogP contribution is -2.01. The summed E-state index contributed by atoms with van der Waals surface area (Å²) < 4.78 is 2.04. The monoisotopic (exact) mass is 191 g/mol. The van der Waals surface area contributed by atoms with Crippen molar-refractivity contribution in [3.63, 3.8) is 0 Å². The Morgan fingerprint density at radius 1 is 1.43 bits per heavy atom. The molecule has 0 amide bonds. The SMILES string of the molecule is CCCn1nc(C)c(CCC#N)c1C. The molecule has 0 saturated carbocycles. The van der Waals surface area contributed by atoms with Crippen LogP contribution in [0, 0.1) is 25.2 Å². The standard InChI is InChI=1S/C11H17N3/c1-4-8-14-10(3)11(6-5-7-12)9(2)13-14/h4-6,8H2,1-3H3. The molecule has 0 aliphatic carbocycles. The van der Waals surface area contributed by atoms with E-state index in [1.807, 2.05) is 11.6 Å². The lowest BCUT2D eigenvalue weighted by molar-refractivity contribution is 0.582. The fourth-order valence-corrected chi connectivity index (χ4v) is 1.71. The van der Waals surface area contributed by atoms with Crippen LogP contribution in [0.25, 0.3) is 0 Å². The van der Waals surface area contributed by atoms with Gasteiger partial charge in [0.05, 0.1) is 11.8 Å². The van der Waals surface area contributed by atoms with E-state index in [1.54, 1.807) is 0 Å². The first-order valence-electron chi connectivity index (χ1n) is 5.10. The van der Waals surface area contributed by atoms with E-state index in [9.17, 15) is 0 Å². The van der Waals surface area contributed by atoms with Crippen molar-refractivity contribution in [2.45, 2.75) is 46.6 Å². The normalized spacial score (nSPS) is 10.1. The maximum atomic E-state index is 8.54. The maximum Gasteiger partial charge on any atom is 0.0628 e. The first-order valence-corrected chi connectivity index (χ1v) is 5.10. The predicted octanol–water partition coefficient (Wildman–Crippen LogP) is 2.37. The van der Waals surface area contributed by atoms with Crippen molar-refractivity contribution >= 4 is 0 Å². The number of hydrogen-bond donors (Lipinski definition) is 0. The van der Waals surface area contributed by atoms with Gasteiger partial charge in [0.1, 0.15) is 0 Å². The van der Waals surface area contributed by atoms with Crippen molar-refractivity contribution in [3.8, 4) is 6.07 Å². The van der Waals surface area contributed by atoms with Crippen molar-refractivity contribution in [2.75, 3.05) is 0 Å². The summed E-state index contributed by atoms with van der Waals surface area (Å²) in [5, 5.41) is 13.0. The van der Waals surface area contributed by atoms with Gasteiger partial charge in [0.25, 0.3) is 0 Å². The summed E-state index contributed by atoms with van der Waals surface area (Å²) in [6.07, 6.45) is 2.51. The fourth-order valence-electron chi connectivity index (χ4n) is 1.71. The number of aromatic nitrogens is 2. The summed E-state index contributed by atoms with van der Waals surface area (Å²) >= 11 is 0. The lowest BCUT2D eigenvalue weighted by Gasteiger charge is -2.01. The van der Waals surface area contributed by atoms with Gasteiger partial charge in [-0.15, -0.1) is 0 Å². The van der Waals surface area contributed by atoms with Crippen molar-refractivity contribution in [1.82, 2.24) is 9.78 Å². The molecule has 0 fully saturated rings. The van der Waals surface area contributed by atoms with E-state index in [1.165, 1.54) is 11.3 Å². The molecule has 1 heterocycles. The average Bonchev–Trinajstić information content (AvgIpc) is 2.41. The number of rotatable bonds is 4. The lowest BCUT2D eigenvalue weighted by atomic mass is 10.1. The van der Waals surface area contributed by atoms with Gasteiger partial charge in [0.15, 0.2) is 0 Å². The summed E-state index contributed by atoms with van der Waals surface area (Å²) in [7, 11) is 0. The summed E-state index contributed by atoms with van der Waals surface area (Å²) in [5.74, 6) is 0. The second-order valence-electron chi connectivity index (χ2n) is 3.53. The highest BCUT2D eigenvalue weighted by Crippen LogP contribution is 2.15. The largest absolute Gasteiger partial charge is 0.269 e. The minimum atomic E-state index is 0.583. The van der Waals surface area contributed by atoms with E-state index in [-0.39, 0.29) is 0 Å². The zero-order valence-corrected chi connectivity index (χ0v) is 9.17. The van der Waals surface area contributed by atoms with E-state index < -0.39 is 0 Å². The topological polar surface area (TPSA) is 41.6 Å². The molecular formula is C11H17N3. The Morgan fingerprint density at radius 2 is 2.14 bits per heavy atom. The summed E-state index contributed by atoms with van der Waals surface area (Å²) in [6, 6.07) is 2.17. The molecule has 0 radical (unpaired) electrons. The molecule has 0 atom stereocenters. The first-order chi connectivity index (χ1) is 6.70. The van der Waals surface area contributed by atoms with Crippen LogP contribution in [0.15, 0.2) is 0 Å². The fraction of sp³-hybridized carbons (Fsp3) is 0.636. The molecule has 1 aromatic rings. The Hall–Kier alpha value is -1.30. The predicted molar refractivity (Wildman–Crippen MR) is 55.9 cm³/mol. The minimum absolute atomic E-state index is 0.583. The number of hydrogen-bond acceptors (Lipinski definition) is 2. The second-order valence-corrected chi connectivity index (χ2v) is 3.53. The smallest absolute Gasteiger partial charge is 0.0628 e. The molecule has 0 aliphatic rings. The van der Waals surface area contributed by atoms with Gasteiger partial charge in [-0.25, -0.2) is 0 Å². The number of nitriles is 1. The molecule has 0 saturated heterocycles. The van der Waals surface area contributed by atoms with Crippen LogP contribution in [-0.4, -0.2) is 9.78 Å². The molecular weight excluding hydrogens is 174 g/mol. The van der Waals surface area contributed by atoms with Crippen LogP contribution >= 0.6 is 0 Å². The van der Waals surface area contributed by atoms with E-state index in [4.69, 9.17) is 5.26 Å². The van der Waals surface area contributed by atoms with Gasteiger partial charge in [-0.3, -0.25) is 4.68 Å². The molecule has 1 aromatic heterocycles. The Kier molecular flexibility index (Phi) is 3.70. The number of nitrogens with zero attached hydrogens (tertiary/aromatic N) is 3. The molecule has 0 bridgehead atoms. The third kappa shape index (κ3) is 2.14. The van der Waals surface area contributed by atoms with Crippen LogP contribution in [0.5, 0.6) is 0 Å². The zero-order valence-electron chi connectivity index (χ0n) is 9.17. The second kappa shape index (κ2) is 4.80. The van der Waals surface area contributed by atoms with Gasteiger partial charge in [0.2, 0.25) is 0 Å². The highest BCUT2D eigenvalue weighted by molar-refractivity contribution is 5.25. The van der Waals surface area contributed by atoms with Crippen molar-refractivity contribution in [1.29, 1.82) is 5.26 Å². The van der Waals surface area contributed by atoms with Crippen LogP contribution in [0.4, 0.5) is 0 Å². The number of aryl methyl sites for hydroxylation is 2. The van der Waals surface area contributed by atoms with Crippen molar-refractivity contribution < 1.29 is 0 Å². The van der Waals surface area contributed by atoms with E-state index >= 15 is 0 Å². The molecule has 76 valence electrons. The highest BCUT2D eigenvalue weighted by atomic mass is 15.3. The van der Waals surface area contributed by atoms with Crippen LogP contribution < -0.4 is 0 Å². The minimum Gasteiger partial charge on any atom is -0.269 e. The van der Waals surface area contributed by atoms with Crippen molar-refractivity contribution in [2.24, 2.45) is 0 Å². The Bertz CT molecular complexity index is 344. The van der Waals surface area contributed by atoms with E-state index in [2.05, 4.69) is 25.0 Å². The third-order valence-electron chi connectivity index (χ3n) is 2.45. The van der Waals surface area contributed by atoms with E-state index in [0.717, 1.165) is 25.1 Å². The van der Waals surface area contributed by atoms with Crippen LogP contribution in [0.2, 0.25) is 0 Å². The van der Waals surface area contributed by atoms with Crippen LogP contribution in [0.3, 0.4) is 0 Å². The Balaban J connectivity index is 2.88. The molecule has 1 rings (SSSR count). The Labute approximate surface area is 85.4 Å². The van der Waals surface area contributed by atoms with E-state index in [0.29, 0.717) is 6.42 Å². The van der Waals surface area contributed by atoms with Crippen LogP contribution in [-0.2, 0) is 13.0 Å². The molecule has 0 unspecified atom stereocenters. The molecule has 0 N–H and O–H groups in total. The first kappa shape index (κ1) is 10.8. The summed E-state index contributed by atoms with van der Waals surface area (Å²) in [6.45, 7) is 7.22. The van der Waals surface area contributed by atoms with Crippen molar-refractivity contribution in [3.05, 3.63) is 17.0 Å². The summed E-state index contributed by atoms with van der Waals surface area (Å²) in [4.78, 5) is 0. The summed E-state index contributed by atoms with van der Waals surface area (Å²) in [5.41, 5.74) is 3.55. The van der Waals surface area contributed by atoms with Gasteiger partial charge in [-0.2, -0.15) is 10.4 Å². The zero-order chi connectivity index (χ0) is 10.6. The maximum absolute atomic E-state index is 8.54. The third-order valence-corrected chi connectivity index (χ3v) is 2.45. The quantitative estimate of drug-likeness (QED) is 0.733. The van der Waals surface area contributed by atoms with Gasteiger partial charge >= 0.3 is 0 Å². The molecule has 14 heavy (non-hydrogen) atoms. The van der Waals surface area contributed by atoms with Gasteiger partial charge in [-0.1, -0.05) is 6.92 Å². The van der Waals surface area contributed by atoms with Gasteiger partial charge in [0, 0.05) is 18.7 Å². The van der Waals surface area contributed by atoms with Gasteiger partial charge in [-0.05, 0) is 32.3 Å². The molecule has 0 aliphatic heterocycles. The average molecular weight is 191 g/mol. The molecule has 3 nitrogen and oxygen atoms in total. The highest BCUT2D eigenvalue weighted by Gasteiger charge is 2.09. The van der Waals surface area contributed by atoms with Gasteiger partial charge < -0.3 is 0 Å². The Morgan fingerprint density at radius 3 is 2.71 bits per heavy atom. The van der Waals surface area contributed by atoms with Crippen LogP contribution in [0.1, 0.15) is 36.7 Å². The molecule has 0 aromatic carbocycles. The molecule has 3 heteroatoms. The molecule has 0 spiro atoms.